The zero-order chi connectivity index (χ0) is 12.5. The Bertz CT molecular complexity index is 396. The second-order valence-corrected chi connectivity index (χ2v) is 5.81. The Morgan fingerprint density at radius 3 is 2.76 bits per heavy atom. The van der Waals surface area contributed by atoms with Crippen molar-refractivity contribution in [2.24, 2.45) is 0 Å². The van der Waals surface area contributed by atoms with E-state index < -0.39 is 0 Å². The van der Waals surface area contributed by atoms with E-state index in [1.54, 1.807) is 7.11 Å². The number of ether oxygens (including phenoxy) is 2. The van der Waals surface area contributed by atoms with Gasteiger partial charge in [0.05, 0.1) is 24.3 Å². The zero-order valence-corrected chi connectivity index (χ0v) is 12.0. The summed E-state index contributed by atoms with van der Waals surface area (Å²) in [5, 5.41) is 3.48. The third-order valence-electron chi connectivity index (χ3n) is 2.96. The van der Waals surface area contributed by atoms with E-state index in [2.05, 4.69) is 41.2 Å². The van der Waals surface area contributed by atoms with Crippen LogP contribution in [0.5, 0.6) is 5.75 Å². The Hall–Kier alpha value is -0.580. The molecule has 3 nitrogen and oxygen atoms in total. The van der Waals surface area contributed by atoms with Crippen molar-refractivity contribution in [2.75, 3.05) is 20.3 Å². The van der Waals surface area contributed by atoms with Crippen LogP contribution in [0.1, 0.15) is 25.5 Å². The Kier molecular flexibility index (Phi) is 3.76. The van der Waals surface area contributed by atoms with E-state index in [4.69, 9.17) is 9.47 Å². The monoisotopic (exact) mass is 299 g/mol. The summed E-state index contributed by atoms with van der Waals surface area (Å²) in [5.41, 5.74) is 1.24. The Morgan fingerprint density at radius 1 is 1.47 bits per heavy atom. The SMILES string of the molecule is COc1ccc(C2CNC(C)(C)CO2)cc1Br. The van der Waals surface area contributed by atoms with Crippen molar-refractivity contribution in [3.8, 4) is 5.75 Å². The van der Waals surface area contributed by atoms with Crippen LogP contribution in [0.2, 0.25) is 0 Å². The van der Waals surface area contributed by atoms with Crippen LogP contribution in [-0.2, 0) is 4.74 Å². The molecule has 1 fully saturated rings. The Morgan fingerprint density at radius 2 is 2.24 bits per heavy atom. The van der Waals surface area contributed by atoms with Crippen molar-refractivity contribution in [3.05, 3.63) is 28.2 Å². The van der Waals surface area contributed by atoms with E-state index in [9.17, 15) is 0 Å². The number of hydrogen-bond acceptors (Lipinski definition) is 3. The summed E-state index contributed by atoms with van der Waals surface area (Å²) in [6, 6.07) is 6.07. The van der Waals surface area contributed by atoms with Crippen molar-refractivity contribution in [3.63, 3.8) is 0 Å². The highest BCUT2D eigenvalue weighted by molar-refractivity contribution is 9.10. The summed E-state index contributed by atoms with van der Waals surface area (Å²) in [6.45, 7) is 5.85. The molecule has 0 saturated carbocycles. The molecule has 1 atom stereocenters. The molecule has 94 valence electrons. The Balaban J connectivity index is 2.11. The standard InChI is InChI=1S/C13H18BrNO2/c1-13(2)8-17-12(7-15-13)9-4-5-11(16-3)10(14)6-9/h4-6,12,15H,7-8H2,1-3H3. The van der Waals surface area contributed by atoms with Gasteiger partial charge in [0.2, 0.25) is 0 Å². The predicted molar refractivity (Wildman–Crippen MR) is 71.5 cm³/mol. The summed E-state index contributed by atoms with van der Waals surface area (Å²) in [4.78, 5) is 0. The lowest BCUT2D eigenvalue weighted by Gasteiger charge is -2.36. The Labute approximate surface area is 111 Å². The highest BCUT2D eigenvalue weighted by Crippen LogP contribution is 2.30. The van der Waals surface area contributed by atoms with Gasteiger partial charge in [0, 0.05) is 12.1 Å². The first-order valence-corrected chi connectivity index (χ1v) is 6.51. The average Bonchev–Trinajstić information content (AvgIpc) is 2.29. The van der Waals surface area contributed by atoms with Gasteiger partial charge < -0.3 is 14.8 Å². The topological polar surface area (TPSA) is 30.5 Å². The van der Waals surface area contributed by atoms with E-state index in [0.717, 1.165) is 23.4 Å². The number of nitrogens with one attached hydrogen (secondary N) is 1. The second-order valence-electron chi connectivity index (χ2n) is 4.96. The van der Waals surface area contributed by atoms with Crippen molar-refractivity contribution in [1.29, 1.82) is 0 Å². The lowest BCUT2D eigenvalue weighted by Crippen LogP contribution is -2.50. The lowest BCUT2D eigenvalue weighted by molar-refractivity contribution is -0.0229. The zero-order valence-electron chi connectivity index (χ0n) is 10.4. The summed E-state index contributed by atoms with van der Waals surface area (Å²) in [5.74, 6) is 0.845. The van der Waals surface area contributed by atoms with Crippen molar-refractivity contribution < 1.29 is 9.47 Å². The largest absolute Gasteiger partial charge is 0.496 e. The van der Waals surface area contributed by atoms with Gasteiger partial charge in [-0.3, -0.25) is 0 Å². The first kappa shape index (κ1) is 12.9. The van der Waals surface area contributed by atoms with Crippen LogP contribution >= 0.6 is 15.9 Å². The minimum absolute atomic E-state index is 0.0696. The van der Waals surface area contributed by atoms with Gasteiger partial charge in [-0.05, 0) is 47.5 Å². The van der Waals surface area contributed by atoms with Gasteiger partial charge in [-0.1, -0.05) is 6.07 Å². The molecule has 1 aliphatic rings. The maximum Gasteiger partial charge on any atom is 0.133 e. The minimum atomic E-state index is 0.0696. The molecular weight excluding hydrogens is 282 g/mol. The molecule has 0 radical (unpaired) electrons. The summed E-state index contributed by atoms with van der Waals surface area (Å²) in [6.07, 6.45) is 0.116. The average molecular weight is 300 g/mol. The van der Waals surface area contributed by atoms with Gasteiger partial charge >= 0.3 is 0 Å². The minimum Gasteiger partial charge on any atom is -0.496 e. The number of morpholine rings is 1. The molecule has 0 spiro atoms. The molecule has 17 heavy (non-hydrogen) atoms. The van der Waals surface area contributed by atoms with E-state index in [-0.39, 0.29) is 11.6 Å². The van der Waals surface area contributed by atoms with Gasteiger partial charge in [0.15, 0.2) is 0 Å². The molecule has 4 heteroatoms. The third kappa shape index (κ3) is 3.00. The lowest BCUT2D eigenvalue weighted by atomic mass is 10.0. The number of hydrogen-bond donors (Lipinski definition) is 1. The van der Waals surface area contributed by atoms with E-state index in [0.29, 0.717) is 0 Å². The molecule has 1 unspecified atom stereocenters. The molecule has 1 aromatic carbocycles. The molecule has 1 N–H and O–H groups in total. The second kappa shape index (κ2) is 4.96. The molecule has 0 amide bonds. The van der Waals surface area contributed by atoms with Crippen LogP contribution in [-0.4, -0.2) is 25.8 Å². The van der Waals surface area contributed by atoms with Crippen LogP contribution in [0, 0.1) is 0 Å². The smallest absolute Gasteiger partial charge is 0.133 e. The van der Waals surface area contributed by atoms with Gasteiger partial charge in [-0.2, -0.15) is 0 Å². The summed E-state index contributed by atoms with van der Waals surface area (Å²) in [7, 11) is 1.67. The maximum atomic E-state index is 5.88. The van der Waals surface area contributed by atoms with E-state index >= 15 is 0 Å². The first-order chi connectivity index (χ1) is 8.02. The summed E-state index contributed by atoms with van der Waals surface area (Å²) < 4.78 is 12.1. The highest BCUT2D eigenvalue weighted by Gasteiger charge is 2.27. The summed E-state index contributed by atoms with van der Waals surface area (Å²) >= 11 is 3.50. The normalized spacial score (nSPS) is 23.4. The van der Waals surface area contributed by atoms with Gasteiger partial charge in [0.1, 0.15) is 5.75 Å². The molecule has 0 bridgehead atoms. The number of benzene rings is 1. The first-order valence-electron chi connectivity index (χ1n) is 5.72. The van der Waals surface area contributed by atoms with Gasteiger partial charge in [0.25, 0.3) is 0 Å². The molecule has 2 rings (SSSR count). The molecule has 1 saturated heterocycles. The van der Waals surface area contributed by atoms with Crippen molar-refractivity contribution in [2.45, 2.75) is 25.5 Å². The van der Waals surface area contributed by atoms with Crippen LogP contribution < -0.4 is 10.1 Å². The fourth-order valence-corrected chi connectivity index (χ4v) is 2.44. The molecule has 1 heterocycles. The maximum absolute atomic E-state index is 5.88. The number of methoxy groups -OCH3 is 1. The molecule has 1 aliphatic heterocycles. The van der Waals surface area contributed by atoms with Crippen LogP contribution in [0.25, 0.3) is 0 Å². The van der Waals surface area contributed by atoms with E-state index in [1.807, 2.05) is 12.1 Å². The quantitative estimate of drug-likeness (QED) is 0.911. The highest BCUT2D eigenvalue weighted by atomic mass is 79.9. The van der Waals surface area contributed by atoms with Crippen LogP contribution in [0.3, 0.4) is 0 Å². The van der Waals surface area contributed by atoms with Gasteiger partial charge in [-0.15, -0.1) is 0 Å². The predicted octanol–water partition coefficient (Wildman–Crippen LogP) is 2.90. The molecule has 0 aliphatic carbocycles. The molecular formula is C13H18BrNO2. The van der Waals surface area contributed by atoms with Crippen molar-refractivity contribution >= 4 is 15.9 Å². The van der Waals surface area contributed by atoms with Crippen LogP contribution in [0.4, 0.5) is 0 Å². The van der Waals surface area contributed by atoms with Gasteiger partial charge in [-0.25, -0.2) is 0 Å². The molecule has 1 aromatic rings. The van der Waals surface area contributed by atoms with Crippen LogP contribution in [0.15, 0.2) is 22.7 Å². The number of halogens is 1. The molecule has 0 aromatic heterocycles. The fraction of sp³-hybridized carbons (Fsp3) is 0.538. The van der Waals surface area contributed by atoms with Crippen molar-refractivity contribution in [1.82, 2.24) is 5.32 Å². The number of rotatable bonds is 2. The van der Waals surface area contributed by atoms with E-state index in [1.165, 1.54) is 5.56 Å². The fourth-order valence-electron chi connectivity index (χ4n) is 1.88. The third-order valence-corrected chi connectivity index (χ3v) is 3.58.